The molecule has 0 amide bonds. The molecule has 0 unspecified atom stereocenters. The van der Waals surface area contributed by atoms with E-state index in [0.29, 0.717) is 6.01 Å². The molecule has 15 heavy (non-hydrogen) atoms. The SMILES string of the molecule is COc1ncc(Br)n1-c1ccc(C)cc1. The van der Waals surface area contributed by atoms with Gasteiger partial charge < -0.3 is 4.74 Å². The summed E-state index contributed by atoms with van der Waals surface area (Å²) in [4.78, 5) is 4.13. The number of ether oxygens (including phenoxy) is 1. The van der Waals surface area contributed by atoms with E-state index < -0.39 is 0 Å². The van der Waals surface area contributed by atoms with Gasteiger partial charge in [-0.3, -0.25) is 4.57 Å². The molecular weight excluding hydrogens is 256 g/mol. The second-order valence-corrected chi connectivity index (χ2v) is 4.05. The van der Waals surface area contributed by atoms with Crippen molar-refractivity contribution in [3.8, 4) is 11.7 Å². The van der Waals surface area contributed by atoms with Gasteiger partial charge in [-0.15, -0.1) is 0 Å². The summed E-state index contributed by atoms with van der Waals surface area (Å²) >= 11 is 3.43. The van der Waals surface area contributed by atoms with Crippen molar-refractivity contribution < 1.29 is 4.74 Å². The topological polar surface area (TPSA) is 27.1 Å². The first-order valence-electron chi connectivity index (χ1n) is 4.56. The van der Waals surface area contributed by atoms with Crippen LogP contribution in [0, 0.1) is 6.92 Å². The Labute approximate surface area is 96.8 Å². The summed E-state index contributed by atoms with van der Waals surface area (Å²) in [5.41, 5.74) is 2.26. The molecule has 2 rings (SSSR count). The van der Waals surface area contributed by atoms with E-state index in [-0.39, 0.29) is 0 Å². The van der Waals surface area contributed by atoms with Gasteiger partial charge in [-0.25, -0.2) is 4.98 Å². The van der Waals surface area contributed by atoms with Crippen LogP contribution in [0.3, 0.4) is 0 Å². The molecule has 78 valence electrons. The van der Waals surface area contributed by atoms with Crippen molar-refractivity contribution in [1.82, 2.24) is 9.55 Å². The second-order valence-electron chi connectivity index (χ2n) is 3.24. The molecule has 0 aliphatic heterocycles. The average Bonchev–Trinajstić information content (AvgIpc) is 2.61. The zero-order chi connectivity index (χ0) is 10.8. The van der Waals surface area contributed by atoms with Crippen molar-refractivity contribution in [2.45, 2.75) is 6.92 Å². The number of halogens is 1. The van der Waals surface area contributed by atoms with Crippen LogP contribution in [0.4, 0.5) is 0 Å². The molecule has 2 aromatic rings. The lowest BCUT2D eigenvalue weighted by Gasteiger charge is -2.07. The van der Waals surface area contributed by atoms with Gasteiger partial charge in [0.1, 0.15) is 4.60 Å². The van der Waals surface area contributed by atoms with E-state index in [2.05, 4.69) is 40.0 Å². The minimum Gasteiger partial charge on any atom is -0.468 e. The molecule has 1 aromatic heterocycles. The number of methoxy groups -OCH3 is 1. The normalized spacial score (nSPS) is 10.3. The number of aryl methyl sites for hydroxylation is 1. The standard InChI is InChI=1S/C11H11BrN2O/c1-8-3-5-9(6-4-8)14-10(12)7-13-11(14)15-2/h3-7H,1-2H3. The third-order valence-corrected chi connectivity index (χ3v) is 2.72. The van der Waals surface area contributed by atoms with Crippen LogP contribution in [0.25, 0.3) is 5.69 Å². The van der Waals surface area contributed by atoms with Crippen molar-refractivity contribution in [3.05, 3.63) is 40.6 Å². The van der Waals surface area contributed by atoms with Gasteiger partial charge in [-0.05, 0) is 35.0 Å². The van der Waals surface area contributed by atoms with Crippen LogP contribution in [0.5, 0.6) is 6.01 Å². The van der Waals surface area contributed by atoms with Crippen LogP contribution in [0.2, 0.25) is 0 Å². The number of nitrogens with zero attached hydrogens (tertiary/aromatic N) is 2. The summed E-state index contributed by atoms with van der Waals surface area (Å²) < 4.78 is 7.95. The molecule has 0 saturated heterocycles. The average molecular weight is 267 g/mol. The van der Waals surface area contributed by atoms with Crippen LogP contribution in [0.1, 0.15) is 5.56 Å². The maximum absolute atomic E-state index is 5.17. The van der Waals surface area contributed by atoms with E-state index in [9.17, 15) is 0 Å². The number of hydrogen-bond donors (Lipinski definition) is 0. The molecule has 0 bridgehead atoms. The molecule has 0 aliphatic carbocycles. The van der Waals surface area contributed by atoms with Gasteiger partial charge in [0.15, 0.2) is 0 Å². The predicted molar refractivity (Wildman–Crippen MR) is 62.6 cm³/mol. The smallest absolute Gasteiger partial charge is 0.301 e. The van der Waals surface area contributed by atoms with Gasteiger partial charge in [0.2, 0.25) is 0 Å². The summed E-state index contributed by atoms with van der Waals surface area (Å²) in [5, 5.41) is 0. The first kappa shape index (κ1) is 10.2. The molecule has 1 heterocycles. The monoisotopic (exact) mass is 266 g/mol. The molecule has 0 atom stereocenters. The van der Waals surface area contributed by atoms with E-state index in [4.69, 9.17) is 4.74 Å². The Balaban J connectivity index is 2.52. The maximum Gasteiger partial charge on any atom is 0.301 e. The van der Waals surface area contributed by atoms with Crippen molar-refractivity contribution in [2.24, 2.45) is 0 Å². The Bertz CT molecular complexity index is 462. The third kappa shape index (κ3) is 1.90. The summed E-state index contributed by atoms with van der Waals surface area (Å²) in [6.45, 7) is 2.06. The van der Waals surface area contributed by atoms with E-state index >= 15 is 0 Å². The molecule has 4 heteroatoms. The minimum absolute atomic E-state index is 0.575. The molecule has 0 fully saturated rings. The lowest BCUT2D eigenvalue weighted by atomic mass is 10.2. The largest absolute Gasteiger partial charge is 0.468 e. The number of imidazole rings is 1. The molecule has 0 spiro atoms. The van der Waals surface area contributed by atoms with E-state index in [1.165, 1.54) is 5.56 Å². The molecule has 0 aliphatic rings. The maximum atomic E-state index is 5.17. The molecule has 1 aromatic carbocycles. The van der Waals surface area contributed by atoms with E-state index in [0.717, 1.165) is 10.3 Å². The first-order chi connectivity index (χ1) is 7.22. The number of benzene rings is 1. The van der Waals surface area contributed by atoms with Gasteiger partial charge in [0, 0.05) is 0 Å². The highest BCUT2D eigenvalue weighted by Gasteiger charge is 2.09. The number of rotatable bonds is 2. The number of hydrogen-bond acceptors (Lipinski definition) is 2. The van der Waals surface area contributed by atoms with Crippen LogP contribution in [0.15, 0.2) is 35.1 Å². The summed E-state index contributed by atoms with van der Waals surface area (Å²) in [6.07, 6.45) is 1.72. The summed E-state index contributed by atoms with van der Waals surface area (Å²) in [5.74, 6) is 0. The Kier molecular flexibility index (Phi) is 2.77. The van der Waals surface area contributed by atoms with Gasteiger partial charge in [0.05, 0.1) is 19.0 Å². The van der Waals surface area contributed by atoms with Crippen LogP contribution >= 0.6 is 15.9 Å². The lowest BCUT2D eigenvalue weighted by Crippen LogP contribution is -1.98. The number of aromatic nitrogens is 2. The summed E-state index contributed by atoms with van der Waals surface area (Å²) in [7, 11) is 1.61. The zero-order valence-electron chi connectivity index (χ0n) is 8.57. The lowest BCUT2D eigenvalue weighted by molar-refractivity contribution is 0.373. The Hall–Kier alpha value is -1.29. The van der Waals surface area contributed by atoms with Crippen molar-refractivity contribution in [3.63, 3.8) is 0 Å². The molecular formula is C11H11BrN2O. The highest BCUT2D eigenvalue weighted by atomic mass is 79.9. The van der Waals surface area contributed by atoms with Gasteiger partial charge >= 0.3 is 6.01 Å². The van der Waals surface area contributed by atoms with Gasteiger partial charge in [-0.2, -0.15) is 0 Å². The Morgan fingerprint density at radius 2 is 1.93 bits per heavy atom. The highest BCUT2D eigenvalue weighted by molar-refractivity contribution is 9.10. The van der Waals surface area contributed by atoms with Crippen LogP contribution < -0.4 is 4.74 Å². The van der Waals surface area contributed by atoms with Crippen molar-refractivity contribution in [1.29, 1.82) is 0 Å². The fourth-order valence-corrected chi connectivity index (χ4v) is 1.85. The van der Waals surface area contributed by atoms with Crippen molar-refractivity contribution >= 4 is 15.9 Å². The Morgan fingerprint density at radius 3 is 2.53 bits per heavy atom. The highest BCUT2D eigenvalue weighted by Crippen LogP contribution is 2.24. The Morgan fingerprint density at radius 1 is 1.27 bits per heavy atom. The van der Waals surface area contributed by atoms with Gasteiger partial charge in [-0.1, -0.05) is 17.7 Å². The second kappa shape index (κ2) is 4.06. The fraction of sp³-hybridized carbons (Fsp3) is 0.182. The zero-order valence-corrected chi connectivity index (χ0v) is 10.2. The first-order valence-corrected chi connectivity index (χ1v) is 5.36. The van der Waals surface area contributed by atoms with Crippen LogP contribution in [-0.4, -0.2) is 16.7 Å². The quantitative estimate of drug-likeness (QED) is 0.836. The predicted octanol–water partition coefficient (Wildman–Crippen LogP) is 2.95. The van der Waals surface area contributed by atoms with Gasteiger partial charge in [0.25, 0.3) is 0 Å². The van der Waals surface area contributed by atoms with Crippen LogP contribution in [-0.2, 0) is 0 Å². The molecule has 0 saturated carbocycles. The third-order valence-electron chi connectivity index (χ3n) is 2.16. The fourth-order valence-electron chi connectivity index (χ4n) is 1.39. The molecule has 0 radical (unpaired) electrons. The summed E-state index contributed by atoms with van der Waals surface area (Å²) in [6, 6.07) is 8.75. The van der Waals surface area contributed by atoms with Crippen molar-refractivity contribution in [2.75, 3.05) is 7.11 Å². The van der Waals surface area contributed by atoms with E-state index in [1.807, 2.05) is 16.7 Å². The minimum atomic E-state index is 0.575. The molecule has 3 nitrogen and oxygen atoms in total. The molecule has 0 N–H and O–H groups in total. The van der Waals surface area contributed by atoms with E-state index in [1.54, 1.807) is 13.3 Å².